The van der Waals surface area contributed by atoms with Gasteiger partial charge in [0.05, 0.1) is 11.1 Å². The molecule has 0 unspecified atom stereocenters. The summed E-state index contributed by atoms with van der Waals surface area (Å²) in [4.78, 5) is 12.1. The first-order chi connectivity index (χ1) is 12.7. The number of ether oxygens (including phenoxy) is 1. The number of hydrogen-bond acceptors (Lipinski definition) is 5. The van der Waals surface area contributed by atoms with Gasteiger partial charge in [0.15, 0.2) is 6.10 Å². The number of esters is 1. The maximum absolute atomic E-state index is 12.6. The molecule has 0 aliphatic rings. The van der Waals surface area contributed by atoms with E-state index >= 15 is 0 Å². The van der Waals surface area contributed by atoms with Gasteiger partial charge in [-0.1, -0.05) is 17.7 Å². The molecule has 140 valence electrons. The van der Waals surface area contributed by atoms with Crippen molar-refractivity contribution < 1.29 is 27.1 Å². The molecule has 3 aromatic rings. The second-order valence-electron chi connectivity index (χ2n) is 5.93. The van der Waals surface area contributed by atoms with E-state index in [1.165, 1.54) is 6.92 Å². The zero-order valence-electron chi connectivity index (χ0n) is 14.4. The fourth-order valence-corrected chi connectivity index (χ4v) is 2.29. The Labute approximate surface area is 152 Å². The van der Waals surface area contributed by atoms with Gasteiger partial charge in [0.25, 0.3) is 5.89 Å². The van der Waals surface area contributed by atoms with Crippen molar-refractivity contribution in [3.8, 4) is 11.5 Å². The van der Waals surface area contributed by atoms with Crippen LogP contribution in [-0.4, -0.2) is 16.2 Å². The molecule has 1 aromatic heterocycles. The van der Waals surface area contributed by atoms with Crippen LogP contribution < -0.4 is 0 Å². The smallest absolute Gasteiger partial charge is 0.416 e. The fourth-order valence-electron chi connectivity index (χ4n) is 2.29. The van der Waals surface area contributed by atoms with E-state index in [1.807, 2.05) is 31.2 Å². The SMILES string of the molecule is Cc1ccc(-c2nnc([C@H](C)OC(=O)c3ccc(C(F)(F)F)cc3)o2)cc1. The molecule has 8 heteroatoms. The van der Waals surface area contributed by atoms with Gasteiger partial charge in [0.2, 0.25) is 5.89 Å². The maximum Gasteiger partial charge on any atom is 0.416 e. The normalized spacial score (nSPS) is 12.6. The molecule has 5 nitrogen and oxygen atoms in total. The minimum Gasteiger partial charge on any atom is -0.449 e. The standard InChI is InChI=1S/C19H15F3N2O3/c1-11-3-5-13(6-4-11)17-24-23-16(27-17)12(2)26-18(25)14-7-9-15(10-8-14)19(20,21)22/h3-10,12H,1-2H3/t12-/m0/s1. The lowest BCUT2D eigenvalue weighted by Crippen LogP contribution is -2.11. The van der Waals surface area contributed by atoms with Gasteiger partial charge in [0.1, 0.15) is 0 Å². The van der Waals surface area contributed by atoms with Crippen LogP contribution in [0.4, 0.5) is 13.2 Å². The molecule has 0 bridgehead atoms. The molecule has 0 saturated carbocycles. The minimum absolute atomic E-state index is 0.00637. The summed E-state index contributed by atoms with van der Waals surface area (Å²) in [6, 6.07) is 11.2. The summed E-state index contributed by atoms with van der Waals surface area (Å²) in [7, 11) is 0. The van der Waals surface area contributed by atoms with Crippen LogP contribution in [0, 0.1) is 6.92 Å². The van der Waals surface area contributed by atoms with Crippen molar-refractivity contribution in [3.05, 3.63) is 71.1 Å². The van der Waals surface area contributed by atoms with E-state index in [1.54, 1.807) is 0 Å². The average Bonchev–Trinajstić information content (AvgIpc) is 3.12. The topological polar surface area (TPSA) is 65.2 Å². The highest BCUT2D eigenvalue weighted by Crippen LogP contribution is 2.29. The molecule has 0 N–H and O–H groups in total. The van der Waals surface area contributed by atoms with Crippen molar-refractivity contribution in [1.29, 1.82) is 0 Å². The number of alkyl halides is 3. The number of rotatable bonds is 4. The highest BCUT2D eigenvalue weighted by molar-refractivity contribution is 5.89. The lowest BCUT2D eigenvalue weighted by Gasteiger charge is -2.10. The van der Waals surface area contributed by atoms with E-state index in [9.17, 15) is 18.0 Å². The van der Waals surface area contributed by atoms with Gasteiger partial charge >= 0.3 is 12.1 Å². The molecule has 1 atom stereocenters. The van der Waals surface area contributed by atoms with E-state index < -0.39 is 23.8 Å². The molecule has 0 radical (unpaired) electrons. The molecule has 2 aromatic carbocycles. The van der Waals surface area contributed by atoms with E-state index in [-0.39, 0.29) is 17.3 Å². The Morgan fingerprint density at radius 2 is 1.67 bits per heavy atom. The molecule has 0 spiro atoms. The van der Waals surface area contributed by atoms with Crippen LogP contribution in [0.5, 0.6) is 0 Å². The highest BCUT2D eigenvalue weighted by Gasteiger charge is 2.30. The molecule has 0 fully saturated rings. The van der Waals surface area contributed by atoms with Crippen LogP contribution in [0.2, 0.25) is 0 Å². The number of aromatic nitrogens is 2. The molecule has 0 aliphatic carbocycles. The monoisotopic (exact) mass is 376 g/mol. The average molecular weight is 376 g/mol. The van der Waals surface area contributed by atoms with Crippen LogP contribution >= 0.6 is 0 Å². The Kier molecular flexibility index (Phi) is 4.98. The van der Waals surface area contributed by atoms with Gasteiger partial charge in [0, 0.05) is 5.56 Å². The molecule has 0 amide bonds. The van der Waals surface area contributed by atoms with Crippen LogP contribution in [0.25, 0.3) is 11.5 Å². The van der Waals surface area contributed by atoms with Gasteiger partial charge in [-0.25, -0.2) is 4.79 Å². The largest absolute Gasteiger partial charge is 0.449 e. The summed E-state index contributed by atoms with van der Waals surface area (Å²) >= 11 is 0. The van der Waals surface area contributed by atoms with Gasteiger partial charge in [-0.05, 0) is 50.2 Å². The van der Waals surface area contributed by atoms with Gasteiger partial charge < -0.3 is 9.15 Å². The van der Waals surface area contributed by atoms with E-state index in [4.69, 9.17) is 9.15 Å². The van der Waals surface area contributed by atoms with E-state index in [0.717, 1.165) is 35.4 Å². The van der Waals surface area contributed by atoms with Crippen LogP contribution in [-0.2, 0) is 10.9 Å². The first-order valence-corrected chi connectivity index (χ1v) is 8.03. The molecule has 27 heavy (non-hydrogen) atoms. The van der Waals surface area contributed by atoms with Crippen molar-refractivity contribution >= 4 is 5.97 Å². The van der Waals surface area contributed by atoms with Gasteiger partial charge in [-0.15, -0.1) is 10.2 Å². The summed E-state index contributed by atoms with van der Waals surface area (Å²) in [6.07, 6.45) is -5.32. The molecule has 3 rings (SSSR count). The second kappa shape index (κ2) is 7.22. The Bertz CT molecular complexity index is 932. The Morgan fingerprint density at radius 1 is 1.04 bits per heavy atom. The molecular formula is C19H15F3N2O3. The maximum atomic E-state index is 12.6. The third-order valence-corrected chi connectivity index (χ3v) is 3.82. The van der Waals surface area contributed by atoms with E-state index in [2.05, 4.69) is 10.2 Å². The number of nitrogens with zero attached hydrogens (tertiary/aromatic N) is 2. The zero-order chi connectivity index (χ0) is 19.6. The number of halogens is 3. The summed E-state index contributed by atoms with van der Waals surface area (Å²) in [5.41, 5.74) is 0.956. The van der Waals surface area contributed by atoms with E-state index in [0.29, 0.717) is 0 Å². The summed E-state index contributed by atoms with van der Waals surface area (Å²) < 4.78 is 48.4. The molecule has 0 aliphatic heterocycles. The van der Waals surface area contributed by atoms with Gasteiger partial charge in [-0.2, -0.15) is 13.2 Å². The predicted octanol–water partition coefficient (Wildman–Crippen LogP) is 4.98. The zero-order valence-corrected chi connectivity index (χ0v) is 14.4. The third-order valence-electron chi connectivity index (χ3n) is 3.82. The van der Waals surface area contributed by atoms with Crippen LogP contribution in [0.1, 0.15) is 40.4 Å². The summed E-state index contributed by atoms with van der Waals surface area (Å²) in [5, 5.41) is 7.79. The fraction of sp³-hybridized carbons (Fsp3) is 0.211. The molecule has 1 heterocycles. The quantitative estimate of drug-likeness (QED) is 0.601. The minimum atomic E-state index is -4.47. The van der Waals surface area contributed by atoms with Gasteiger partial charge in [-0.3, -0.25) is 0 Å². The lowest BCUT2D eigenvalue weighted by atomic mass is 10.1. The Hall–Kier alpha value is -3.16. The first-order valence-electron chi connectivity index (χ1n) is 8.03. The third kappa shape index (κ3) is 4.33. The van der Waals surface area contributed by atoms with Crippen molar-refractivity contribution in [2.75, 3.05) is 0 Å². The second-order valence-corrected chi connectivity index (χ2v) is 5.93. The Morgan fingerprint density at radius 3 is 2.26 bits per heavy atom. The van der Waals surface area contributed by atoms with Crippen molar-refractivity contribution in [2.24, 2.45) is 0 Å². The highest BCUT2D eigenvalue weighted by atomic mass is 19.4. The number of carbonyl (C=O) groups is 1. The Balaban J connectivity index is 1.69. The number of benzene rings is 2. The molecular weight excluding hydrogens is 361 g/mol. The predicted molar refractivity (Wildman–Crippen MR) is 89.7 cm³/mol. The lowest BCUT2D eigenvalue weighted by molar-refractivity contribution is -0.137. The van der Waals surface area contributed by atoms with Crippen LogP contribution in [0.15, 0.2) is 52.9 Å². The summed E-state index contributed by atoms with van der Waals surface area (Å²) in [6.45, 7) is 3.49. The van der Waals surface area contributed by atoms with Crippen molar-refractivity contribution in [1.82, 2.24) is 10.2 Å². The first kappa shape index (κ1) is 18.6. The number of carbonyl (C=O) groups excluding carboxylic acids is 1. The number of aryl methyl sites for hydroxylation is 1. The van der Waals surface area contributed by atoms with Crippen molar-refractivity contribution in [2.45, 2.75) is 26.1 Å². The number of hydrogen-bond donors (Lipinski definition) is 0. The van der Waals surface area contributed by atoms with Crippen LogP contribution in [0.3, 0.4) is 0 Å². The molecule has 0 saturated heterocycles. The summed E-state index contributed by atoms with van der Waals surface area (Å²) in [5.74, 6) is -0.417. The van der Waals surface area contributed by atoms with Crippen molar-refractivity contribution in [3.63, 3.8) is 0 Å².